The number of benzene rings is 2. The highest BCUT2D eigenvalue weighted by Crippen LogP contribution is 2.34. The highest BCUT2D eigenvalue weighted by atomic mass is 32.2. The Morgan fingerprint density at radius 3 is 2.48 bits per heavy atom. The number of amides is 1. The van der Waals surface area contributed by atoms with Crippen LogP contribution in [0, 0.1) is 5.82 Å². The number of aliphatic imine (C=N–C) groups is 1. The summed E-state index contributed by atoms with van der Waals surface area (Å²) in [6, 6.07) is 14.0. The van der Waals surface area contributed by atoms with Crippen LogP contribution in [0.2, 0.25) is 0 Å². The average molecular weight is 413 g/mol. The van der Waals surface area contributed by atoms with Gasteiger partial charge in [-0.05, 0) is 80.9 Å². The Kier molecular flexibility index (Phi) is 6.75. The largest absolute Gasteiger partial charge is 0.489 e. The third-order valence-electron chi connectivity index (χ3n) is 4.19. The smallest absolute Gasteiger partial charge is 0.266 e. The molecule has 1 fully saturated rings. The van der Waals surface area contributed by atoms with Crippen LogP contribution in [-0.4, -0.2) is 28.1 Å². The minimum atomic E-state index is -0.275. The van der Waals surface area contributed by atoms with Gasteiger partial charge in [-0.2, -0.15) is 0 Å². The second-order valence-corrected chi connectivity index (χ2v) is 8.38. The number of hydrogen-bond acceptors (Lipinski definition) is 4. The fraction of sp³-hybridized carbons (Fsp3) is 0.304. The first kappa shape index (κ1) is 21.1. The molecule has 0 radical (unpaired) electrons. The molecular formula is C23H25FN2O2S. The molecule has 0 spiro atoms. The Balaban J connectivity index is 1.71. The summed E-state index contributed by atoms with van der Waals surface area (Å²) in [6.45, 7) is 8.27. The summed E-state index contributed by atoms with van der Waals surface area (Å²) in [5.74, 6) is 0.395. The van der Waals surface area contributed by atoms with Crippen molar-refractivity contribution in [1.82, 2.24) is 4.90 Å². The first-order valence-electron chi connectivity index (χ1n) is 9.61. The van der Waals surface area contributed by atoms with Crippen molar-refractivity contribution in [1.29, 1.82) is 0 Å². The quantitative estimate of drug-likeness (QED) is 0.589. The Morgan fingerprint density at radius 1 is 1.14 bits per heavy atom. The van der Waals surface area contributed by atoms with Crippen LogP contribution in [0.25, 0.3) is 6.08 Å². The van der Waals surface area contributed by atoms with Crippen molar-refractivity contribution >= 4 is 28.9 Å². The molecule has 0 bridgehead atoms. The lowest BCUT2D eigenvalue weighted by Crippen LogP contribution is -2.35. The standard InChI is InChI=1S/C23H25FN2O2S/c1-15(2)25-23-26(16(3)4)22(27)21(29-23)13-17-8-10-20(11-9-17)28-14-18-6-5-7-19(24)12-18/h5-13,15-16H,14H2,1-4H3/b21-13+,25-23?. The van der Waals surface area contributed by atoms with E-state index in [0.29, 0.717) is 17.3 Å². The van der Waals surface area contributed by atoms with Crippen molar-refractivity contribution in [2.24, 2.45) is 4.99 Å². The van der Waals surface area contributed by atoms with Crippen LogP contribution < -0.4 is 4.74 Å². The number of carbonyl (C=O) groups is 1. The van der Waals surface area contributed by atoms with Crippen LogP contribution in [0.1, 0.15) is 38.8 Å². The Labute approximate surface area is 175 Å². The van der Waals surface area contributed by atoms with Gasteiger partial charge in [0.15, 0.2) is 5.17 Å². The number of rotatable bonds is 6. The molecule has 6 heteroatoms. The maximum atomic E-state index is 13.2. The summed E-state index contributed by atoms with van der Waals surface area (Å²) in [6.07, 6.45) is 1.88. The van der Waals surface area contributed by atoms with Crippen LogP contribution in [0.5, 0.6) is 5.75 Å². The molecule has 2 aromatic carbocycles. The lowest BCUT2D eigenvalue weighted by Gasteiger charge is -2.20. The van der Waals surface area contributed by atoms with Gasteiger partial charge in [-0.15, -0.1) is 0 Å². The summed E-state index contributed by atoms with van der Waals surface area (Å²) in [7, 11) is 0. The number of hydrogen-bond donors (Lipinski definition) is 0. The van der Waals surface area contributed by atoms with Crippen LogP contribution >= 0.6 is 11.8 Å². The number of nitrogens with zero attached hydrogens (tertiary/aromatic N) is 2. The number of thioether (sulfide) groups is 1. The molecule has 29 heavy (non-hydrogen) atoms. The predicted octanol–water partition coefficient (Wildman–Crippen LogP) is 5.49. The molecule has 0 aliphatic carbocycles. The highest BCUT2D eigenvalue weighted by Gasteiger charge is 2.35. The number of ether oxygens (including phenoxy) is 1. The lowest BCUT2D eigenvalue weighted by atomic mass is 10.2. The lowest BCUT2D eigenvalue weighted by molar-refractivity contribution is -0.123. The number of halogens is 1. The van der Waals surface area contributed by atoms with Crippen molar-refractivity contribution < 1.29 is 13.9 Å². The van der Waals surface area contributed by atoms with E-state index in [9.17, 15) is 9.18 Å². The zero-order valence-corrected chi connectivity index (χ0v) is 17.9. The summed E-state index contributed by atoms with van der Waals surface area (Å²) in [5.41, 5.74) is 1.68. The predicted molar refractivity (Wildman–Crippen MR) is 117 cm³/mol. The van der Waals surface area contributed by atoms with Gasteiger partial charge >= 0.3 is 0 Å². The Morgan fingerprint density at radius 2 is 1.86 bits per heavy atom. The van der Waals surface area contributed by atoms with Gasteiger partial charge in [0.25, 0.3) is 5.91 Å². The molecule has 1 heterocycles. The molecule has 4 nitrogen and oxygen atoms in total. The van der Waals surface area contributed by atoms with Crippen LogP contribution in [0.3, 0.4) is 0 Å². The minimum Gasteiger partial charge on any atom is -0.489 e. The monoisotopic (exact) mass is 412 g/mol. The SMILES string of the molecule is CC(C)N=C1S/C(=C/c2ccc(OCc3cccc(F)c3)cc2)C(=O)N1C(C)C. The molecular weight excluding hydrogens is 387 g/mol. The van der Waals surface area contributed by atoms with Gasteiger partial charge < -0.3 is 4.74 Å². The number of amidine groups is 1. The number of carbonyl (C=O) groups excluding carboxylic acids is 1. The first-order valence-corrected chi connectivity index (χ1v) is 10.4. The normalized spacial score (nSPS) is 17.2. The van der Waals surface area contributed by atoms with E-state index >= 15 is 0 Å². The molecule has 0 atom stereocenters. The van der Waals surface area contributed by atoms with Crippen molar-refractivity contribution in [3.63, 3.8) is 0 Å². The Bertz CT molecular complexity index is 936. The summed E-state index contributed by atoms with van der Waals surface area (Å²) in [4.78, 5) is 19.8. The summed E-state index contributed by atoms with van der Waals surface area (Å²) < 4.78 is 19.0. The van der Waals surface area contributed by atoms with Crippen molar-refractivity contribution in [3.8, 4) is 5.75 Å². The van der Waals surface area contributed by atoms with E-state index < -0.39 is 0 Å². The molecule has 0 aromatic heterocycles. The maximum Gasteiger partial charge on any atom is 0.266 e. The molecule has 1 aliphatic rings. The van der Waals surface area contributed by atoms with E-state index in [2.05, 4.69) is 4.99 Å². The van der Waals surface area contributed by atoms with Crippen molar-refractivity contribution in [2.45, 2.75) is 46.4 Å². The molecule has 1 aliphatic heterocycles. The molecule has 1 amide bonds. The van der Waals surface area contributed by atoms with E-state index in [-0.39, 0.29) is 23.8 Å². The van der Waals surface area contributed by atoms with Gasteiger partial charge in [0.2, 0.25) is 0 Å². The van der Waals surface area contributed by atoms with Gasteiger partial charge in [0.05, 0.1) is 4.91 Å². The third kappa shape index (κ3) is 5.48. The molecule has 0 N–H and O–H groups in total. The van der Waals surface area contributed by atoms with E-state index in [4.69, 9.17) is 4.74 Å². The molecule has 1 saturated heterocycles. The van der Waals surface area contributed by atoms with Crippen LogP contribution in [0.15, 0.2) is 58.4 Å². The van der Waals surface area contributed by atoms with Crippen molar-refractivity contribution in [3.05, 3.63) is 70.4 Å². The molecule has 2 aromatic rings. The highest BCUT2D eigenvalue weighted by molar-refractivity contribution is 8.18. The Hall–Kier alpha value is -2.60. The molecule has 0 unspecified atom stereocenters. The van der Waals surface area contributed by atoms with Gasteiger partial charge in [-0.25, -0.2) is 4.39 Å². The van der Waals surface area contributed by atoms with E-state index in [1.165, 1.54) is 23.9 Å². The van der Waals surface area contributed by atoms with Crippen molar-refractivity contribution in [2.75, 3.05) is 0 Å². The second-order valence-electron chi connectivity index (χ2n) is 7.37. The van der Waals surface area contributed by atoms with E-state index in [0.717, 1.165) is 16.3 Å². The fourth-order valence-electron chi connectivity index (χ4n) is 2.86. The molecule has 3 rings (SSSR count). The maximum absolute atomic E-state index is 13.2. The molecule has 0 saturated carbocycles. The third-order valence-corrected chi connectivity index (χ3v) is 5.19. The van der Waals surface area contributed by atoms with Gasteiger partial charge in [0, 0.05) is 12.1 Å². The zero-order chi connectivity index (χ0) is 21.0. The van der Waals surface area contributed by atoms with Gasteiger partial charge in [0.1, 0.15) is 18.2 Å². The van der Waals surface area contributed by atoms with Crippen LogP contribution in [0.4, 0.5) is 4.39 Å². The first-order chi connectivity index (χ1) is 13.8. The minimum absolute atomic E-state index is 0.0177. The zero-order valence-electron chi connectivity index (χ0n) is 17.1. The van der Waals surface area contributed by atoms with Gasteiger partial charge in [-0.1, -0.05) is 24.3 Å². The second kappa shape index (κ2) is 9.27. The topological polar surface area (TPSA) is 41.9 Å². The molecule has 152 valence electrons. The summed E-state index contributed by atoms with van der Waals surface area (Å²) >= 11 is 1.41. The average Bonchev–Trinajstić information content (AvgIpc) is 2.95. The van der Waals surface area contributed by atoms with E-state index in [1.54, 1.807) is 11.0 Å². The summed E-state index contributed by atoms with van der Waals surface area (Å²) in [5, 5.41) is 0.751. The van der Waals surface area contributed by atoms with Crippen LogP contribution in [-0.2, 0) is 11.4 Å². The fourth-order valence-corrected chi connectivity index (χ4v) is 4.09. The van der Waals surface area contributed by atoms with Gasteiger partial charge in [-0.3, -0.25) is 14.7 Å². The van der Waals surface area contributed by atoms with E-state index in [1.807, 2.05) is 64.1 Å².